The molecule has 0 atom stereocenters. The molecule has 0 fully saturated rings. The predicted molar refractivity (Wildman–Crippen MR) is 40.3 cm³/mol. The molecule has 0 aliphatic carbocycles. The van der Waals surface area contributed by atoms with Gasteiger partial charge in [0.05, 0.1) is 6.61 Å². The molecule has 0 aromatic rings. The zero-order valence-corrected chi connectivity index (χ0v) is 6.68. The summed E-state index contributed by atoms with van der Waals surface area (Å²) in [5.74, 6) is -0.329. The van der Waals surface area contributed by atoms with Gasteiger partial charge in [0.25, 0.3) is 0 Å². The van der Waals surface area contributed by atoms with Crippen LogP contribution in [0.5, 0.6) is 0 Å². The van der Waals surface area contributed by atoms with Crippen molar-refractivity contribution in [3.63, 3.8) is 0 Å². The van der Waals surface area contributed by atoms with Crippen molar-refractivity contribution in [1.29, 1.82) is 0 Å². The third-order valence-corrected chi connectivity index (χ3v) is 1.17. The van der Waals surface area contributed by atoms with Gasteiger partial charge in [-0.05, 0) is 27.5 Å². The van der Waals surface area contributed by atoms with E-state index in [0.29, 0.717) is 6.61 Å². The van der Waals surface area contributed by atoms with Gasteiger partial charge in [-0.3, -0.25) is 4.99 Å². The van der Waals surface area contributed by atoms with E-state index in [1.807, 2.05) is 0 Å². The molecule has 0 aliphatic rings. The Labute approximate surface area is 61.1 Å². The van der Waals surface area contributed by atoms with Crippen LogP contribution in [0.3, 0.4) is 0 Å². The maximum Gasteiger partial charge on any atom is 0.333 e. The van der Waals surface area contributed by atoms with Crippen LogP contribution in [0.2, 0.25) is 0 Å². The van der Waals surface area contributed by atoms with E-state index in [2.05, 4.69) is 11.7 Å². The molecule has 0 aliphatic heterocycles. The van der Waals surface area contributed by atoms with Gasteiger partial charge in [-0.25, -0.2) is 4.79 Å². The summed E-state index contributed by atoms with van der Waals surface area (Å²) < 4.78 is 4.72. The van der Waals surface area contributed by atoms with E-state index in [9.17, 15) is 4.79 Å². The van der Waals surface area contributed by atoms with Crippen molar-refractivity contribution in [3.8, 4) is 0 Å². The molecule has 10 heavy (non-hydrogen) atoms. The number of ether oxygens (including phenoxy) is 1. The second-order valence-corrected chi connectivity index (χ2v) is 2.44. The lowest BCUT2D eigenvalue weighted by atomic mass is 10.1. The average molecular weight is 143 g/mol. The minimum Gasteiger partial charge on any atom is -0.464 e. The molecule has 0 radical (unpaired) electrons. The maximum atomic E-state index is 10.9. The van der Waals surface area contributed by atoms with Crippen LogP contribution in [0.1, 0.15) is 20.8 Å². The first-order valence-electron chi connectivity index (χ1n) is 3.19. The summed E-state index contributed by atoms with van der Waals surface area (Å²) in [5.41, 5.74) is -0.796. The highest BCUT2D eigenvalue weighted by Crippen LogP contribution is 2.09. The van der Waals surface area contributed by atoms with E-state index in [4.69, 9.17) is 4.74 Å². The SMILES string of the molecule is C=NC(C)(C)C(=O)OCC. The van der Waals surface area contributed by atoms with E-state index in [1.165, 1.54) is 0 Å². The van der Waals surface area contributed by atoms with Gasteiger partial charge in [0.15, 0.2) is 5.54 Å². The molecule has 0 saturated heterocycles. The fraction of sp³-hybridized carbons (Fsp3) is 0.714. The lowest BCUT2D eigenvalue weighted by Gasteiger charge is -2.15. The molecule has 0 heterocycles. The number of esters is 1. The van der Waals surface area contributed by atoms with E-state index in [1.54, 1.807) is 20.8 Å². The highest BCUT2D eigenvalue weighted by atomic mass is 16.5. The summed E-state index contributed by atoms with van der Waals surface area (Å²) in [6.45, 7) is 8.76. The Kier molecular flexibility index (Phi) is 3.06. The van der Waals surface area contributed by atoms with Crippen molar-refractivity contribution in [2.75, 3.05) is 6.61 Å². The summed E-state index contributed by atoms with van der Waals surface area (Å²) >= 11 is 0. The molecular formula is C7H13NO2. The van der Waals surface area contributed by atoms with Gasteiger partial charge < -0.3 is 4.74 Å². The number of aliphatic imine (C=N–C) groups is 1. The Morgan fingerprint density at radius 3 is 2.50 bits per heavy atom. The Balaban J connectivity index is 4.04. The highest BCUT2D eigenvalue weighted by molar-refractivity contribution is 5.80. The number of rotatable bonds is 3. The normalized spacial score (nSPS) is 10.7. The lowest BCUT2D eigenvalue weighted by molar-refractivity contribution is -0.148. The zero-order valence-electron chi connectivity index (χ0n) is 6.68. The third-order valence-electron chi connectivity index (χ3n) is 1.17. The van der Waals surface area contributed by atoms with Crippen LogP contribution in [0.15, 0.2) is 4.99 Å². The number of nitrogens with zero attached hydrogens (tertiary/aromatic N) is 1. The quantitative estimate of drug-likeness (QED) is 0.437. The molecule has 0 N–H and O–H groups in total. The summed E-state index contributed by atoms with van der Waals surface area (Å²) in [7, 11) is 0. The van der Waals surface area contributed by atoms with E-state index >= 15 is 0 Å². The number of carbonyl (C=O) groups excluding carboxylic acids is 1. The van der Waals surface area contributed by atoms with Crippen LogP contribution < -0.4 is 0 Å². The minimum atomic E-state index is -0.796. The molecule has 0 saturated carbocycles. The molecule has 0 aromatic heterocycles. The second-order valence-electron chi connectivity index (χ2n) is 2.44. The Bertz CT molecular complexity index is 141. The van der Waals surface area contributed by atoms with Gasteiger partial charge in [-0.1, -0.05) is 0 Å². The fourth-order valence-corrected chi connectivity index (χ4v) is 0.372. The van der Waals surface area contributed by atoms with E-state index < -0.39 is 5.54 Å². The number of hydrogen-bond acceptors (Lipinski definition) is 3. The summed E-state index contributed by atoms with van der Waals surface area (Å²) in [6.07, 6.45) is 0. The summed E-state index contributed by atoms with van der Waals surface area (Å²) in [5, 5.41) is 0. The predicted octanol–water partition coefficient (Wildman–Crippen LogP) is 1.03. The van der Waals surface area contributed by atoms with Crippen LogP contribution in [-0.4, -0.2) is 24.8 Å². The molecule has 0 spiro atoms. The molecule has 3 heteroatoms. The van der Waals surface area contributed by atoms with Crippen molar-refractivity contribution < 1.29 is 9.53 Å². The lowest BCUT2D eigenvalue weighted by Crippen LogP contribution is -2.31. The first-order chi connectivity index (χ1) is 4.54. The minimum absolute atomic E-state index is 0.329. The van der Waals surface area contributed by atoms with E-state index in [0.717, 1.165) is 0 Å². The van der Waals surface area contributed by atoms with Crippen LogP contribution in [-0.2, 0) is 9.53 Å². The van der Waals surface area contributed by atoms with Crippen molar-refractivity contribution in [2.45, 2.75) is 26.3 Å². The monoisotopic (exact) mass is 143 g/mol. The summed E-state index contributed by atoms with van der Waals surface area (Å²) in [4.78, 5) is 14.6. The van der Waals surface area contributed by atoms with Crippen LogP contribution >= 0.6 is 0 Å². The molecule has 0 aromatic carbocycles. The van der Waals surface area contributed by atoms with Gasteiger partial charge >= 0.3 is 5.97 Å². The highest BCUT2D eigenvalue weighted by Gasteiger charge is 2.26. The largest absolute Gasteiger partial charge is 0.464 e. The molecular weight excluding hydrogens is 130 g/mol. The topological polar surface area (TPSA) is 38.7 Å². The molecule has 0 unspecified atom stereocenters. The van der Waals surface area contributed by atoms with Crippen LogP contribution in [0.4, 0.5) is 0 Å². The first kappa shape index (κ1) is 9.14. The number of hydrogen-bond donors (Lipinski definition) is 0. The maximum absolute atomic E-state index is 10.9. The van der Waals surface area contributed by atoms with Crippen molar-refractivity contribution in [1.82, 2.24) is 0 Å². The van der Waals surface area contributed by atoms with Gasteiger partial charge in [-0.15, -0.1) is 0 Å². The number of carbonyl (C=O) groups is 1. The third kappa shape index (κ3) is 2.17. The Morgan fingerprint density at radius 1 is 1.70 bits per heavy atom. The molecule has 0 amide bonds. The average Bonchev–Trinajstić information content (AvgIpc) is 1.89. The van der Waals surface area contributed by atoms with Crippen molar-refractivity contribution in [2.24, 2.45) is 4.99 Å². The first-order valence-corrected chi connectivity index (χ1v) is 3.19. The second kappa shape index (κ2) is 3.34. The van der Waals surface area contributed by atoms with Gasteiger partial charge in [-0.2, -0.15) is 0 Å². The molecule has 3 nitrogen and oxygen atoms in total. The molecule has 0 rings (SSSR count). The van der Waals surface area contributed by atoms with Crippen LogP contribution in [0.25, 0.3) is 0 Å². The zero-order chi connectivity index (χ0) is 8.20. The standard InChI is InChI=1S/C7H13NO2/c1-5-10-6(9)7(2,3)8-4/h4-5H2,1-3H3. The van der Waals surface area contributed by atoms with Gasteiger partial charge in [0, 0.05) is 0 Å². The Morgan fingerprint density at radius 2 is 2.20 bits per heavy atom. The Hall–Kier alpha value is -0.860. The summed E-state index contributed by atoms with van der Waals surface area (Å²) in [6, 6.07) is 0. The van der Waals surface area contributed by atoms with Gasteiger partial charge in [0.2, 0.25) is 0 Å². The molecule has 0 bridgehead atoms. The van der Waals surface area contributed by atoms with Gasteiger partial charge in [0.1, 0.15) is 0 Å². The van der Waals surface area contributed by atoms with Crippen molar-refractivity contribution >= 4 is 12.7 Å². The van der Waals surface area contributed by atoms with Crippen molar-refractivity contribution in [3.05, 3.63) is 0 Å². The molecule has 58 valence electrons. The van der Waals surface area contributed by atoms with Crippen LogP contribution in [0, 0.1) is 0 Å². The fourth-order valence-electron chi connectivity index (χ4n) is 0.372. The van der Waals surface area contributed by atoms with E-state index in [-0.39, 0.29) is 5.97 Å². The smallest absolute Gasteiger partial charge is 0.333 e.